The maximum Gasteiger partial charge on any atom is 0.293 e. The summed E-state index contributed by atoms with van der Waals surface area (Å²) in [5.41, 5.74) is 3.01. The van der Waals surface area contributed by atoms with E-state index in [1.165, 1.54) is 6.07 Å². The number of hydrogen-bond acceptors (Lipinski definition) is 7. The monoisotopic (exact) mass is 535 g/mol. The Balaban J connectivity index is 1.30. The molecule has 3 aromatic carbocycles. The molecule has 0 saturated carbocycles. The normalized spacial score (nSPS) is 13.4. The third-order valence-electron chi connectivity index (χ3n) is 6.11. The van der Waals surface area contributed by atoms with Gasteiger partial charge in [-0.25, -0.2) is 4.98 Å². The average Bonchev–Trinajstić information content (AvgIpc) is 3.34. The molecule has 1 fully saturated rings. The number of piperidine rings is 1. The maximum absolute atomic E-state index is 12.8. The predicted octanol–water partition coefficient (Wildman–Crippen LogP) is 6.17. The van der Waals surface area contributed by atoms with Crippen LogP contribution in [0.25, 0.3) is 22.6 Å². The van der Waals surface area contributed by atoms with E-state index in [9.17, 15) is 14.9 Å². The number of aromatic nitrogens is 1. The number of oxazole rings is 1. The van der Waals surface area contributed by atoms with Crippen molar-refractivity contribution in [1.29, 1.82) is 0 Å². The van der Waals surface area contributed by atoms with Gasteiger partial charge in [-0.05, 0) is 73.9 Å². The van der Waals surface area contributed by atoms with Crippen LogP contribution in [0.4, 0.5) is 17.1 Å². The second kappa shape index (κ2) is 10.5. The minimum absolute atomic E-state index is 0.0265. The first kappa shape index (κ1) is 24.7. The smallest absolute Gasteiger partial charge is 0.293 e. The Morgan fingerprint density at radius 1 is 1.08 bits per heavy atom. The highest BCUT2D eigenvalue weighted by atomic mass is 35.5. The summed E-state index contributed by atoms with van der Waals surface area (Å²) in [6, 6.07) is 16.9. The number of hydrogen-bond donors (Lipinski definition) is 2. The molecule has 9 nitrogen and oxygen atoms in total. The van der Waals surface area contributed by atoms with Crippen LogP contribution in [0.1, 0.15) is 29.6 Å². The number of thiocarbonyl (C=S) groups is 1. The molecule has 2 heterocycles. The number of rotatable bonds is 5. The average molecular weight is 536 g/mol. The highest BCUT2D eigenvalue weighted by Crippen LogP contribution is 2.33. The van der Waals surface area contributed by atoms with Gasteiger partial charge in [0.15, 0.2) is 10.7 Å². The van der Waals surface area contributed by atoms with Gasteiger partial charge in [0, 0.05) is 30.4 Å². The van der Waals surface area contributed by atoms with Crippen molar-refractivity contribution < 1.29 is 14.1 Å². The van der Waals surface area contributed by atoms with Crippen LogP contribution in [0.3, 0.4) is 0 Å². The number of carbonyl (C=O) groups excluding carboxylic acids is 1. The molecule has 2 N–H and O–H groups in total. The van der Waals surface area contributed by atoms with Gasteiger partial charge in [0.2, 0.25) is 5.89 Å². The minimum atomic E-state index is -0.557. The number of halogens is 1. The van der Waals surface area contributed by atoms with Gasteiger partial charge in [0.1, 0.15) is 11.2 Å². The molecule has 0 bridgehead atoms. The van der Waals surface area contributed by atoms with Crippen LogP contribution >= 0.6 is 23.8 Å². The van der Waals surface area contributed by atoms with Crippen molar-refractivity contribution in [3.8, 4) is 11.5 Å². The molecule has 4 aromatic rings. The Morgan fingerprint density at radius 2 is 1.86 bits per heavy atom. The van der Waals surface area contributed by atoms with E-state index in [2.05, 4.69) is 15.6 Å². The number of anilines is 2. The number of nitrogens with one attached hydrogen (secondary N) is 2. The summed E-state index contributed by atoms with van der Waals surface area (Å²) in [4.78, 5) is 30.6. The number of fused-ring (bicyclic) bond motifs is 1. The summed E-state index contributed by atoms with van der Waals surface area (Å²) in [7, 11) is 0. The summed E-state index contributed by atoms with van der Waals surface area (Å²) >= 11 is 11.7. The van der Waals surface area contributed by atoms with E-state index in [4.69, 9.17) is 28.2 Å². The lowest BCUT2D eigenvalue weighted by atomic mass is 10.1. The van der Waals surface area contributed by atoms with Crippen molar-refractivity contribution in [2.75, 3.05) is 23.3 Å². The molecule has 1 amide bonds. The van der Waals surface area contributed by atoms with Gasteiger partial charge in [-0.15, -0.1) is 0 Å². The Hall–Kier alpha value is -4.02. The van der Waals surface area contributed by atoms with Crippen LogP contribution in [0.5, 0.6) is 0 Å². The first-order valence-electron chi connectivity index (χ1n) is 11.7. The number of nitrogens with zero attached hydrogens (tertiary/aromatic N) is 3. The summed E-state index contributed by atoms with van der Waals surface area (Å²) in [6.45, 7) is 1.51. The van der Waals surface area contributed by atoms with E-state index in [0.29, 0.717) is 39.0 Å². The quantitative estimate of drug-likeness (QED) is 0.177. The van der Waals surface area contributed by atoms with Gasteiger partial charge in [0.05, 0.1) is 15.5 Å². The number of benzene rings is 3. The topological polar surface area (TPSA) is 114 Å². The van der Waals surface area contributed by atoms with Crippen molar-refractivity contribution in [1.82, 2.24) is 10.3 Å². The Morgan fingerprint density at radius 3 is 2.62 bits per heavy atom. The van der Waals surface area contributed by atoms with Gasteiger partial charge in [-0.3, -0.25) is 20.2 Å². The zero-order valence-corrected chi connectivity index (χ0v) is 21.1. The Kier molecular flexibility index (Phi) is 7.02. The molecule has 0 aliphatic carbocycles. The lowest BCUT2D eigenvalue weighted by Crippen LogP contribution is -2.34. The molecule has 11 heteroatoms. The number of para-hydroxylation sites is 2. The zero-order valence-electron chi connectivity index (χ0n) is 19.6. The van der Waals surface area contributed by atoms with Gasteiger partial charge in [-0.1, -0.05) is 23.7 Å². The lowest BCUT2D eigenvalue weighted by molar-refractivity contribution is -0.384. The van der Waals surface area contributed by atoms with Crippen LogP contribution in [0.15, 0.2) is 65.1 Å². The SMILES string of the molecule is O=C(NC(=S)Nc1ccc(Cl)c(-c2nc3ccccc3o2)c1)c1ccc(N2CCCCC2)c([N+](=O)[O-])c1. The fourth-order valence-corrected chi connectivity index (χ4v) is 4.71. The summed E-state index contributed by atoms with van der Waals surface area (Å²) in [5, 5.41) is 17.7. The van der Waals surface area contributed by atoms with Crippen molar-refractivity contribution in [2.45, 2.75) is 19.3 Å². The lowest BCUT2D eigenvalue weighted by Gasteiger charge is -2.28. The van der Waals surface area contributed by atoms with Crippen LogP contribution in [0, 0.1) is 10.1 Å². The van der Waals surface area contributed by atoms with Gasteiger partial charge >= 0.3 is 0 Å². The third kappa shape index (κ3) is 5.40. The van der Waals surface area contributed by atoms with Crippen LogP contribution in [-0.2, 0) is 0 Å². The number of nitro groups is 1. The molecule has 1 aliphatic heterocycles. The Labute approximate surface area is 222 Å². The molecule has 1 aliphatic rings. The highest BCUT2D eigenvalue weighted by Gasteiger charge is 2.23. The van der Waals surface area contributed by atoms with Crippen molar-refractivity contribution >= 4 is 63.0 Å². The molecular formula is C26H22ClN5O4S. The molecule has 1 aromatic heterocycles. The van der Waals surface area contributed by atoms with Crippen molar-refractivity contribution in [3.63, 3.8) is 0 Å². The summed E-state index contributed by atoms with van der Waals surface area (Å²) < 4.78 is 5.82. The highest BCUT2D eigenvalue weighted by molar-refractivity contribution is 7.80. The fourth-order valence-electron chi connectivity index (χ4n) is 4.31. The predicted molar refractivity (Wildman–Crippen MR) is 147 cm³/mol. The molecule has 0 spiro atoms. The standard InChI is InChI=1S/C26H22ClN5O4S/c27-19-10-9-17(15-18(19)25-29-20-6-2-3-7-23(20)36-25)28-26(37)30-24(33)16-8-11-21(22(14-16)32(34)35)31-12-4-1-5-13-31/h2-3,6-11,14-15H,1,4-5,12-13H2,(H2,28,30,33,37). The Bertz CT molecular complexity index is 1480. The van der Waals surface area contributed by atoms with Gasteiger partial charge < -0.3 is 14.6 Å². The number of carbonyl (C=O) groups is 1. The summed E-state index contributed by atoms with van der Waals surface area (Å²) in [5.74, 6) is -0.204. The van der Waals surface area contributed by atoms with Crippen LogP contribution < -0.4 is 15.5 Å². The van der Waals surface area contributed by atoms with E-state index in [1.54, 1.807) is 30.3 Å². The molecular weight excluding hydrogens is 514 g/mol. The number of nitro benzene ring substituents is 1. The first-order chi connectivity index (χ1) is 17.9. The minimum Gasteiger partial charge on any atom is -0.436 e. The van der Waals surface area contributed by atoms with E-state index in [-0.39, 0.29) is 16.4 Å². The first-order valence-corrected chi connectivity index (χ1v) is 12.5. The fraction of sp³-hybridized carbons (Fsp3) is 0.192. The molecule has 5 rings (SSSR count). The number of amides is 1. The van der Waals surface area contributed by atoms with E-state index in [1.807, 2.05) is 29.2 Å². The third-order valence-corrected chi connectivity index (χ3v) is 6.64. The summed E-state index contributed by atoms with van der Waals surface area (Å²) in [6.07, 6.45) is 3.08. The largest absolute Gasteiger partial charge is 0.436 e. The van der Waals surface area contributed by atoms with E-state index < -0.39 is 10.8 Å². The van der Waals surface area contributed by atoms with Crippen LogP contribution in [-0.4, -0.2) is 34.0 Å². The molecule has 1 saturated heterocycles. The van der Waals surface area contributed by atoms with Crippen LogP contribution in [0.2, 0.25) is 5.02 Å². The second-order valence-corrected chi connectivity index (χ2v) is 9.41. The van der Waals surface area contributed by atoms with E-state index >= 15 is 0 Å². The molecule has 0 unspecified atom stereocenters. The van der Waals surface area contributed by atoms with Gasteiger partial charge in [-0.2, -0.15) is 0 Å². The van der Waals surface area contributed by atoms with Crippen molar-refractivity contribution in [3.05, 3.63) is 81.4 Å². The van der Waals surface area contributed by atoms with Gasteiger partial charge in [0.25, 0.3) is 11.6 Å². The maximum atomic E-state index is 12.8. The molecule has 37 heavy (non-hydrogen) atoms. The molecule has 188 valence electrons. The van der Waals surface area contributed by atoms with Crippen molar-refractivity contribution in [2.24, 2.45) is 0 Å². The zero-order chi connectivity index (χ0) is 25.9. The molecule has 0 radical (unpaired) electrons. The van der Waals surface area contributed by atoms with E-state index in [0.717, 1.165) is 32.4 Å². The molecule has 0 atom stereocenters. The second-order valence-electron chi connectivity index (χ2n) is 8.60.